The SMILES string of the molecule is NC(=O)CN1CCCC(Nc2nnc(-c3ccc(C(F)(F)F)cc3O)c3c2CCC3)C1. The van der Waals surface area contributed by atoms with Crippen LogP contribution in [0.3, 0.4) is 0 Å². The van der Waals surface area contributed by atoms with Crippen LogP contribution in [0.4, 0.5) is 19.0 Å². The summed E-state index contributed by atoms with van der Waals surface area (Å²) < 4.78 is 38.8. The first kappa shape index (κ1) is 21.4. The Kier molecular flexibility index (Phi) is 5.74. The third-order valence-corrected chi connectivity index (χ3v) is 5.85. The van der Waals surface area contributed by atoms with E-state index in [4.69, 9.17) is 5.73 Å². The Labute approximate surface area is 177 Å². The van der Waals surface area contributed by atoms with Crippen LogP contribution >= 0.6 is 0 Å². The number of carbonyl (C=O) groups excluding carboxylic acids is 1. The maximum atomic E-state index is 12.9. The number of hydrogen-bond donors (Lipinski definition) is 3. The van der Waals surface area contributed by atoms with E-state index in [1.54, 1.807) is 0 Å². The van der Waals surface area contributed by atoms with E-state index in [2.05, 4.69) is 15.5 Å². The number of halogens is 3. The van der Waals surface area contributed by atoms with Crippen molar-refractivity contribution in [3.63, 3.8) is 0 Å². The van der Waals surface area contributed by atoms with Crippen molar-refractivity contribution >= 4 is 11.7 Å². The van der Waals surface area contributed by atoms with Gasteiger partial charge in [0.2, 0.25) is 5.91 Å². The second kappa shape index (κ2) is 8.33. The van der Waals surface area contributed by atoms with Gasteiger partial charge in [0, 0.05) is 23.7 Å². The van der Waals surface area contributed by atoms with Crippen LogP contribution in [0.1, 0.15) is 36.0 Å². The van der Waals surface area contributed by atoms with Gasteiger partial charge in [0.15, 0.2) is 5.82 Å². The Morgan fingerprint density at radius 3 is 2.71 bits per heavy atom. The number of rotatable bonds is 5. The van der Waals surface area contributed by atoms with E-state index >= 15 is 0 Å². The molecule has 31 heavy (non-hydrogen) atoms. The third kappa shape index (κ3) is 4.58. The number of nitrogens with two attached hydrogens (primary N) is 1. The molecule has 0 radical (unpaired) electrons. The summed E-state index contributed by atoms with van der Waals surface area (Å²) >= 11 is 0. The number of nitrogens with one attached hydrogen (secondary N) is 1. The Hall–Kier alpha value is -2.88. The number of piperidine rings is 1. The van der Waals surface area contributed by atoms with Gasteiger partial charge in [-0.2, -0.15) is 13.2 Å². The van der Waals surface area contributed by atoms with Gasteiger partial charge in [-0.3, -0.25) is 9.69 Å². The molecular formula is C21H24F3N5O2. The number of aromatic nitrogens is 2. The van der Waals surface area contributed by atoms with E-state index in [-0.39, 0.29) is 24.1 Å². The van der Waals surface area contributed by atoms with Crippen molar-refractivity contribution in [3.8, 4) is 17.0 Å². The minimum Gasteiger partial charge on any atom is -0.507 e. The van der Waals surface area contributed by atoms with Crippen molar-refractivity contribution in [2.75, 3.05) is 25.0 Å². The standard InChI is InChI=1S/C21H24F3N5O2/c22-21(23,24)12-6-7-16(17(30)9-12)19-14-4-1-5-15(14)20(28-27-19)26-13-3-2-8-29(10-13)11-18(25)31/h6-7,9,13,30H,1-5,8,10-11H2,(H2,25,31)(H,26,28). The first-order chi connectivity index (χ1) is 14.7. The fraction of sp³-hybridized carbons (Fsp3) is 0.476. The molecule has 1 aromatic carbocycles. The molecule has 1 amide bonds. The molecule has 1 unspecified atom stereocenters. The van der Waals surface area contributed by atoms with Gasteiger partial charge < -0.3 is 16.2 Å². The molecule has 2 aromatic rings. The molecule has 1 saturated heterocycles. The molecule has 0 bridgehead atoms. The lowest BCUT2D eigenvalue weighted by molar-refractivity contribution is -0.137. The highest BCUT2D eigenvalue weighted by atomic mass is 19.4. The average molecular weight is 435 g/mol. The van der Waals surface area contributed by atoms with Gasteiger partial charge in [0.05, 0.1) is 12.1 Å². The molecule has 4 N–H and O–H groups in total. The maximum absolute atomic E-state index is 12.9. The molecule has 1 aliphatic carbocycles. The fourth-order valence-corrected chi connectivity index (χ4v) is 4.46. The predicted octanol–water partition coefficient (Wildman–Crippen LogP) is 2.72. The van der Waals surface area contributed by atoms with Crippen LogP contribution in [0.2, 0.25) is 0 Å². The van der Waals surface area contributed by atoms with Crippen LogP contribution in [0.5, 0.6) is 5.75 Å². The van der Waals surface area contributed by atoms with Crippen molar-refractivity contribution in [1.82, 2.24) is 15.1 Å². The number of likely N-dealkylation sites (tertiary alicyclic amines) is 1. The topological polar surface area (TPSA) is 104 Å². The van der Waals surface area contributed by atoms with Gasteiger partial charge in [-0.25, -0.2) is 0 Å². The molecule has 2 heterocycles. The molecule has 1 fully saturated rings. The zero-order valence-corrected chi connectivity index (χ0v) is 16.9. The quantitative estimate of drug-likeness (QED) is 0.667. The van der Waals surface area contributed by atoms with E-state index in [1.165, 1.54) is 6.07 Å². The summed E-state index contributed by atoms with van der Waals surface area (Å²) in [6, 6.07) is 3.01. The number of phenols is 1. The van der Waals surface area contributed by atoms with Crippen molar-refractivity contribution in [3.05, 3.63) is 34.9 Å². The van der Waals surface area contributed by atoms with Crippen LogP contribution in [-0.4, -0.2) is 51.8 Å². The predicted molar refractivity (Wildman–Crippen MR) is 108 cm³/mol. The monoisotopic (exact) mass is 435 g/mol. The lowest BCUT2D eigenvalue weighted by Gasteiger charge is -2.32. The summed E-state index contributed by atoms with van der Waals surface area (Å²) in [5, 5.41) is 22.3. The van der Waals surface area contributed by atoms with Crippen molar-refractivity contribution in [2.45, 2.75) is 44.3 Å². The Bertz CT molecular complexity index is 996. The summed E-state index contributed by atoms with van der Waals surface area (Å²) in [5.74, 6) is -0.163. The number of nitrogens with zero attached hydrogens (tertiary/aromatic N) is 3. The number of primary amides is 1. The van der Waals surface area contributed by atoms with Gasteiger partial charge in [-0.05, 0) is 62.4 Å². The van der Waals surface area contributed by atoms with E-state index in [0.29, 0.717) is 24.5 Å². The number of anilines is 1. The van der Waals surface area contributed by atoms with Gasteiger partial charge in [0.25, 0.3) is 0 Å². The molecule has 4 rings (SSSR count). The number of benzene rings is 1. The number of hydrogen-bond acceptors (Lipinski definition) is 6. The Morgan fingerprint density at radius 1 is 1.23 bits per heavy atom. The fourth-order valence-electron chi connectivity index (χ4n) is 4.46. The van der Waals surface area contributed by atoms with E-state index < -0.39 is 17.5 Å². The van der Waals surface area contributed by atoms with Crippen LogP contribution in [0, 0.1) is 0 Å². The molecule has 1 aromatic heterocycles. The Balaban J connectivity index is 1.59. The minimum absolute atomic E-state index is 0.0948. The van der Waals surface area contributed by atoms with Crippen LogP contribution in [0.25, 0.3) is 11.3 Å². The van der Waals surface area contributed by atoms with Gasteiger partial charge >= 0.3 is 6.18 Å². The first-order valence-corrected chi connectivity index (χ1v) is 10.3. The largest absolute Gasteiger partial charge is 0.507 e. The average Bonchev–Trinajstić information content (AvgIpc) is 3.18. The number of amides is 1. The zero-order valence-electron chi connectivity index (χ0n) is 16.9. The number of aromatic hydroxyl groups is 1. The highest BCUT2D eigenvalue weighted by molar-refractivity contribution is 5.76. The highest BCUT2D eigenvalue weighted by Gasteiger charge is 2.32. The molecule has 0 saturated carbocycles. The van der Waals surface area contributed by atoms with Gasteiger partial charge in [-0.15, -0.1) is 10.2 Å². The second-order valence-electron chi connectivity index (χ2n) is 8.12. The second-order valence-corrected chi connectivity index (χ2v) is 8.12. The number of fused-ring (bicyclic) bond motifs is 1. The maximum Gasteiger partial charge on any atom is 0.416 e. The van der Waals surface area contributed by atoms with Crippen molar-refractivity contribution in [1.29, 1.82) is 0 Å². The highest BCUT2D eigenvalue weighted by Crippen LogP contribution is 2.40. The van der Waals surface area contributed by atoms with Gasteiger partial charge in [-0.1, -0.05) is 0 Å². The minimum atomic E-state index is -4.53. The van der Waals surface area contributed by atoms with Gasteiger partial charge in [0.1, 0.15) is 11.4 Å². The molecule has 1 atom stereocenters. The molecule has 2 aliphatic rings. The molecule has 166 valence electrons. The summed E-state index contributed by atoms with van der Waals surface area (Å²) in [4.78, 5) is 13.2. The molecule has 0 spiro atoms. The van der Waals surface area contributed by atoms with E-state index in [1.807, 2.05) is 4.90 Å². The van der Waals surface area contributed by atoms with Crippen molar-refractivity contribution in [2.24, 2.45) is 5.73 Å². The lowest BCUT2D eigenvalue weighted by atomic mass is 10.0. The number of alkyl halides is 3. The summed E-state index contributed by atoms with van der Waals surface area (Å²) in [5.41, 5.74) is 6.95. The third-order valence-electron chi connectivity index (χ3n) is 5.85. The molecule has 1 aliphatic heterocycles. The summed E-state index contributed by atoms with van der Waals surface area (Å²) in [6.07, 6.45) is -0.303. The van der Waals surface area contributed by atoms with Crippen molar-refractivity contribution < 1.29 is 23.1 Å². The molecule has 10 heteroatoms. The summed E-state index contributed by atoms with van der Waals surface area (Å²) in [6.45, 7) is 1.70. The molecular weight excluding hydrogens is 411 g/mol. The lowest BCUT2D eigenvalue weighted by Crippen LogP contribution is -2.45. The Morgan fingerprint density at radius 2 is 2.00 bits per heavy atom. The zero-order chi connectivity index (χ0) is 22.2. The normalized spacial score (nSPS) is 19.3. The summed E-state index contributed by atoms with van der Waals surface area (Å²) in [7, 11) is 0. The smallest absolute Gasteiger partial charge is 0.416 e. The van der Waals surface area contributed by atoms with E-state index in [9.17, 15) is 23.1 Å². The molecule has 7 nitrogen and oxygen atoms in total. The van der Waals surface area contributed by atoms with E-state index in [0.717, 1.165) is 55.5 Å². The van der Waals surface area contributed by atoms with Crippen LogP contribution in [-0.2, 0) is 23.8 Å². The van der Waals surface area contributed by atoms with Crippen LogP contribution in [0.15, 0.2) is 18.2 Å². The number of carbonyl (C=O) groups is 1. The number of phenolic OH excluding ortho intramolecular Hbond substituents is 1. The first-order valence-electron chi connectivity index (χ1n) is 10.3. The van der Waals surface area contributed by atoms with Crippen LogP contribution < -0.4 is 11.1 Å².